The average molecular weight is 338 g/mol. The van der Waals surface area contributed by atoms with Gasteiger partial charge in [0.25, 0.3) is 0 Å². The Morgan fingerprint density at radius 1 is 1.25 bits per heavy atom. The molecule has 6 nitrogen and oxygen atoms in total. The number of nitrogens with zero attached hydrogens (tertiary/aromatic N) is 1. The minimum absolute atomic E-state index is 0.0258. The number of amides is 2. The summed E-state index contributed by atoms with van der Waals surface area (Å²) < 4.78 is 5.62. The first-order chi connectivity index (χ1) is 10.9. The molecule has 2 aliphatic rings. The molecular formula is C18H30N2O4. The first-order valence-electron chi connectivity index (χ1n) is 8.67. The molecule has 0 bridgehead atoms. The van der Waals surface area contributed by atoms with Crippen molar-refractivity contribution in [2.75, 3.05) is 19.6 Å². The van der Waals surface area contributed by atoms with Crippen LogP contribution in [0.1, 0.15) is 54.4 Å². The highest BCUT2D eigenvalue weighted by molar-refractivity contribution is 5.89. The lowest BCUT2D eigenvalue weighted by molar-refractivity contribution is -0.174. The van der Waals surface area contributed by atoms with Crippen molar-refractivity contribution in [3.63, 3.8) is 0 Å². The standard InChI is InChI=1S/C18H30N2O4/c1-16(2,3)24-15(23)18(6)8-7-12(17(18,4)5)14(22)20-10-9-19-13(21)11-20/h12H,7-11H2,1-6H3,(H,19,21)/t12-,18+/m1/s1. The molecule has 1 aliphatic heterocycles. The lowest BCUT2D eigenvalue weighted by Crippen LogP contribution is -2.54. The van der Waals surface area contributed by atoms with Crippen molar-refractivity contribution in [3.05, 3.63) is 0 Å². The van der Waals surface area contributed by atoms with Gasteiger partial charge in [-0.3, -0.25) is 14.4 Å². The summed E-state index contributed by atoms with van der Waals surface area (Å²) in [5, 5.41) is 2.73. The van der Waals surface area contributed by atoms with Gasteiger partial charge in [-0.05, 0) is 46.0 Å². The van der Waals surface area contributed by atoms with E-state index in [0.29, 0.717) is 25.9 Å². The van der Waals surface area contributed by atoms with Gasteiger partial charge in [-0.2, -0.15) is 0 Å². The lowest BCUT2D eigenvalue weighted by Gasteiger charge is -2.42. The Hall–Kier alpha value is -1.59. The molecule has 2 rings (SSSR count). The molecule has 1 aliphatic carbocycles. The van der Waals surface area contributed by atoms with E-state index in [9.17, 15) is 14.4 Å². The lowest BCUT2D eigenvalue weighted by atomic mass is 9.65. The first-order valence-corrected chi connectivity index (χ1v) is 8.67. The monoisotopic (exact) mass is 338 g/mol. The van der Waals surface area contributed by atoms with Crippen molar-refractivity contribution < 1.29 is 19.1 Å². The van der Waals surface area contributed by atoms with E-state index in [1.807, 2.05) is 41.5 Å². The maximum absolute atomic E-state index is 13.0. The van der Waals surface area contributed by atoms with Crippen LogP contribution < -0.4 is 5.32 Å². The zero-order valence-electron chi connectivity index (χ0n) is 15.7. The molecule has 0 unspecified atom stereocenters. The summed E-state index contributed by atoms with van der Waals surface area (Å²) >= 11 is 0. The quantitative estimate of drug-likeness (QED) is 0.778. The van der Waals surface area contributed by atoms with E-state index in [1.54, 1.807) is 4.90 Å². The van der Waals surface area contributed by atoms with Gasteiger partial charge in [0.2, 0.25) is 11.8 Å². The van der Waals surface area contributed by atoms with Crippen LogP contribution in [0.3, 0.4) is 0 Å². The van der Waals surface area contributed by atoms with Crippen molar-refractivity contribution >= 4 is 17.8 Å². The van der Waals surface area contributed by atoms with Crippen LogP contribution in [0.15, 0.2) is 0 Å². The van der Waals surface area contributed by atoms with Crippen LogP contribution in [0.5, 0.6) is 0 Å². The molecule has 1 heterocycles. The van der Waals surface area contributed by atoms with Gasteiger partial charge in [0.1, 0.15) is 5.60 Å². The van der Waals surface area contributed by atoms with E-state index in [4.69, 9.17) is 4.74 Å². The zero-order valence-corrected chi connectivity index (χ0v) is 15.7. The molecule has 24 heavy (non-hydrogen) atoms. The third kappa shape index (κ3) is 3.28. The Labute approximate surface area is 144 Å². The highest BCUT2D eigenvalue weighted by atomic mass is 16.6. The molecule has 0 spiro atoms. The minimum Gasteiger partial charge on any atom is -0.460 e. The summed E-state index contributed by atoms with van der Waals surface area (Å²) in [6.07, 6.45) is 1.26. The summed E-state index contributed by atoms with van der Waals surface area (Å²) in [6.45, 7) is 12.5. The SMILES string of the molecule is CC(C)(C)OC(=O)[C@]1(C)CC[C@H](C(=O)N2CCNC(=O)C2)C1(C)C. The fourth-order valence-corrected chi connectivity index (χ4v) is 3.74. The third-order valence-corrected chi connectivity index (χ3v) is 5.72. The Kier molecular flexibility index (Phi) is 4.72. The van der Waals surface area contributed by atoms with Gasteiger partial charge < -0.3 is 15.0 Å². The molecule has 0 aromatic rings. The highest BCUT2D eigenvalue weighted by Gasteiger charge is 2.60. The first kappa shape index (κ1) is 18.7. The number of esters is 1. The number of nitrogens with one attached hydrogen (secondary N) is 1. The fraction of sp³-hybridized carbons (Fsp3) is 0.833. The van der Waals surface area contributed by atoms with Crippen molar-refractivity contribution in [2.24, 2.45) is 16.7 Å². The molecule has 136 valence electrons. The minimum atomic E-state index is -0.710. The van der Waals surface area contributed by atoms with E-state index in [1.165, 1.54) is 0 Å². The second-order valence-electron chi connectivity index (χ2n) is 8.76. The van der Waals surface area contributed by atoms with E-state index >= 15 is 0 Å². The van der Waals surface area contributed by atoms with Gasteiger partial charge in [-0.25, -0.2) is 0 Å². The molecule has 1 N–H and O–H groups in total. The van der Waals surface area contributed by atoms with Crippen LogP contribution in [-0.4, -0.2) is 47.9 Å². The van der Waals surface area contributed by atoms with E-state index in [0.717, 1.165) is 0 Å². The average Bonchev–Trinajstić information content (AvgIpc) is 2.68. The van der Waals surface area contributed by atoms with Gasteiger partial charge in [0.05, 0.1) is 12.0 Å². The molecule has 1 saturated heterocycles. The second kappa shape index (κ2) is 6.05. The molecule has 1 saturated carbocycles. The molecule has 0 radical (unpaired) electrons. The van der Waals surface area contributed by atoms with Crippen LogP contribution >= 0.6 is 0 Å². The molecule has 2 atom stereocenters. The maximum atomic E-state index is 13.0. The van der Waals surface area contributed by atoms with E-state index in [2.05, 4.69) is 5.32 Å². The predicted molar refractivity (Wildman–Crippen MR) is 90.0 cm³/mol. The normalized spacial score (nSPS) is 30.0. The van der Waals surface area contributed by atoms with Gasteiger partial charge in [0, 0.05) is 19.0 Å². The number of rotatable bonds is 2. The Morgan fingerprint density at radius 3 is 2.42 bits per heavy atom. The predicted octanol–water partition coefficient (Wildman–Crippen LogP) is 1.73. The highest BCUT2D eigenvalue weighted by Crippen LogP contribution is 2.57. The Morgan fingerprint density at radius 2 is 1.88 bits per heavy atom. The van der Waals surface area contributed by atoms with Crippen LogP contribution in [0.25, 0.3) is 0 Å². The summed E-state index contributed by atoms with van der Waals surface area (Å²) in [7, 11) is 0. The maximum Gasteiger partial charge on any atom is 0.312 e. The topological polar surface area (TPSA) is 75.7 Å². The van der Waals surface area contributed by atoms with Crippen molar-refractivity contribution in [2.45, 2.75) is 60.0 Å². The zero-order chi connectivity index (χ0) is 18.3. The number of hydrogen-bond acceptors (Lipinski definition) is 4. The number of piperazine rings is 1. The summed E-state index contributed by atoms with van der Waals surface area (Å²) in [5.74, 6) is -0.671. The molecule has 0 aromatic carbocycles. The molecule has 2 amide bonds. The third-order valence-electron chi connectivity index (χ3n) is 5.72. The summed E-state index contributed by atoms with van der Waals surface area (Å²) in [6, 6.07) is 0. The fourth-order valence-electron chi connectivity index (χ4n) is 3.74. The number of carbonyl (C=O) groups is 3. The van der Waals surface area contributed by atoms with Crippen LogP contribution in [-0.2, 0) is 19.1 Å². The Balaban J connectivity index is 2.19. The molecule has 0 aromatic heterocycles. The van der Waals surface area contributed by atoms with Crippen LogP contribution in [0, 0.1) is 16.7 Å². The van der Waals surface area contributed by atoms with Gasteiger partial charge in [-0.1, -0.05) is 13.8 Å². The van der Waals surface area contributed by atoms with E-state index < -0.39 is 16.4 Å². The van der Waals surface area contributed by atoms with Crippen LogP contribution in [0.4, 0.5) is 0 Å². The van der Waals surface area contributed by atoms with Gasteiger partial charge in [-0.15, -0.1) is 0 Å². The Bertz CT molecular complexity index is 550. The largest absolute Gasteiger partial charge is 0.460 e. The van der Waals surface area contributed by atoms with Crippen molar-refractivity contribution in [3.8, 4) is 0 Å². The number of carbonyl (C=O) groups excluding carboxylic acids is 3. The van der Waals surface area contributed by atoms with Crippen molar-refractivity contribution in [1.82, 2.24) is 10.2 Å². The van der Waals surface area contributed by atoms with Gasteiger partial charge >= 0.3 is 5.97 Å². The summed E-state index contributed by atoms with van der Waals surface area (Å²) in [4.78, 5) is 38.9. The smallest absolute Gasteiger partial charge is 0.312 e. The molecule has 2 fully saturated rings. The van der Waals surface area contributed by atoms with Gasteiger partial charge in [0.15, 0.2) is 0 Å². The van der Waals surface area contributed by atoms with E-state index in [-0.39, 0.29) is 30.2 Å². The summed E-state index contributed by atoms with van der Waals surface area (Å²) in [5.41, 5.74) is -1.79. The van der Waals surface area contributed by atoms with Crippen LogP contribution in [0.2, 0.25) is 0 Å². The second-order valence-corrected chi connectivity index (χ2v) is 8.76. The number of hydrogen-bond donors (Lipinski definition) is 1. The molecular weight excluding hydrogens is 308 g/mol. The van der Waals surface area contributed by atoms with Crippen molar-refractivity contribution in [1.29, 1.82) is 0 Å². The number of ether oxygens (including phenoxy) is 1. The molecule has 6 heteroatoms.